The highest BCUT2D eigenvalue weighted by Gasteiger charge is 1.94. The van der Waals surface area contributed by atoms with E-state index in [1.54, 1.807) is 18.2 Å². The van der Waals surface area contributed by atoms with Crippen molar-refractivity contribution in [2.24, 2.45) is 0 Å². The van der Waals surface area contributed by atoms with Crippen molar-refractivity contribution in [1.82, 2.24) is 0 Å². The molecule has 0 amide bonds. The normalized spacial score (nSPS) is 8.03. The minimum atomic E-state index is 0.338. The van der Waals surface area contributed by atoms with Crippen LogP contribution in [0.1, 0.15) is 73.8 Å². The molecule has 0 fully saturated rings. The van der Waals surface area contributed by atoms with E-state index < -0.39 is 0 Å². The van der Waals surface area contributed by atoms with E-state index in [-0.39, 0.29) is 0 Å². The molecule has 164 valence electrons. The molecule has 2 nitrogen and oxygen atoms in total. The van der Waals surface area contributed by atoms with Crippen LogP contribution in [0.5, 0.6) is 11.5 Å². The van der Waals surface area contributed by atoms with Gasteiger partial charge in [-0.25, -0.2) is 0 Å². The Hall–Kier alpha value is -2.48. The molecule has 3 rings (SSSR count). The first-order valence-electron chi connectivity index (χ1n) is 10.9. The molecule has 2 N–H and O–H groups in total. The number of aromatic hydroxyl groups is 2. The highest BCUT2D eigenvalue weighted by atomic mass is 16.3. The minimum absolute atomic E-state index is 0.338. The Morgan fingerprint density at radius 2 is 1.07 bits per heavy atom. The third-order valence-electron chi connectivity index (χ3n) is 2.77. The number of phenolic OH excluding ortho intramolecular Hbond substituents is 2. The largest absolute Gasteiger partial charge is 0.508 e. The van der Waals surface area contributed by atoms with Crippen molar-refractivity contribution in [3.05, 3.63) is 72.3 Å². The van der Waals surface area contributed by atoms with E-state index in [0.717, 1.165) is 16.3 Å². The van der Waals surface area contributed by atoms with Crippen LogP contribution in [0.15, 0.2) is 66.7 Å². The fraction of sp³-hybridized carbons (Fsp3) is 0.407. The number of hydrogen-bond donors (Lipinski definition) is 2. The monoisotopic (exact) mass is 400 g/mol. The Balaban J connectivity index is -0.000000332. The molecule has 0 aliphatic carbocycles. The highest BCUT2D eigenvalue weighted by molar-refractivity contribution is 5.87. The molecule has 0 saturated carbocycles. The lowest BCUT2D eigenvalue weighted by molar-refractivity contribution is 0.475. The predicted molar refractivity (Wildman–Crippen MR) is 133 cm³/mol. The molecule has 3 aromatic rings. The summed E-state index contributed by atoms with van der Waals surface area (Å²) in [6.45, 7) is 18.4. The maximum atomic E-state index is 9.37. The first kappa shape index (κ1) is 31.2. The molecule has 0 radical (unpaired) electrons. The zero-order chi connectivity index (χ0) is 23.1. The van der Waals surface area contributed by atoms with E-state index in [9.17, 15) is 5.11 Å². The second-order valence-corrected chi connectivity index (χ2v) is 5.75. The van der Waals surface area contributed by atoms with Gasteiger partial charge in [-0.3, -0.25) is 0 Å². The van der Waals surface area contributed by atoms with Crippen molar-refractivity contribution in [3.63, 3.8) is 0 Å². The molecule has 29 heavy (non-hydrogen) atoms. The van der Waals surface area contributed by atoms with Gasteiger partial charge in [-0.1, -0.05) is 117 Å². The van der Waals surface area contributed by atoms with Crippen LogP contribution in [-0.4, -0.2) is 10.2 Å². The summed E-state index contributed by atoms with van der Waals surface area (Å²) in [7, 11) is 0. The van der Waals surface area contributed by atoms with Crippen molar-refractivity contribution in [3.8, 4) is 11.5 Å². The molecule has 0 spiro atoms. The van der Waals surface area contributed by atoms with Crippen molar-refractivity contribution in [1.29, 1.82) is 0 Å². The molecule has 0 aliphatic heterocycles. The summed E-state index contributed by atoms with van der Waals surface area (Å²) < 4.78 is 0. The molecule has 0 atom stereocenters. The molecule has 3 aromatic carbocycles. The topological polar surface area (TPSA) is 40.5 Å². The summed E-state index contributed by atoms with van der Waals surface area (Å²) in [5.74, 6) is 0.688. The van der Waals surface area contributed by atoms with E-state index in [0.29, 0.717) is 11.5 Å². The van der Waals surface area contributed by atoms with E-state index >= 15 is 0 Å². The van der Waals surface area contributed by atoms with Gasteiger partial charge in [0.2, 0.25) is 0 Å². The average molecular weight is 401 g/mol. The van der Waals surface area contributed by atoms with Gasteiger partial charge in [0, 0.05) is 5.39 Å². The molecule has 0 aromatic heterocycles. The number of aryl methyl sites for hydroxylation is 1. The van der Waals surface area contributed by atoms with E-state index in [2.05, 4.69) is 27.7 Å². The zero-order valence-electron chi connectivity index (χ0n) is 20.2. The molecule has 0 bridgehead atoms. The highest BCUT2D eigenvalue weighted by Crippen LogP contribution is 2.22. The Bertz CT molecular complexity index is 681. The van der Waals surface area contributed by atoms with Gasteiger partial charge in [0.25, 0.3) is 0 Å². The molecule has 0 unspecified atom stereocenters. The third kappa shape index (κ3) is 17.4. The molecule has 2 heteroatoms. The SMILES string of the molecule is CC.CC.CCC.CCC.Cc1cccc(O)c1.Oc1cccc2ccccc12. The average Bonchev–Trinajstić information content (AvgIpc) is 2.73. The predicted octanol–water partition coefficient (Wildman–Crippen LogP) is 9.13. The Morgan fingerprint density at radius 3 is 1.48 bits per heavy atom. The summed E-state index contributed by atoms with van der Waals surface area (Å²) in [4.78, 5) is 0. The van der Waals surface area contributed by atoms with Crippen molar-refractivity contribution in [2.75, 3.05) is 0 Å². The van der Waals surface area contributed by atoms with Crippen LogP contribution in [0.3, 0.4) is 0 Å². The van der Waals surface area contributed by atoms with Crippen molar-refractivity contribution in [2.45, 2.75) is 75.2 Å². The molecule has 0 aliphatic rings. The zero-order valence-corrected chi connectivity index (χ0v) is 20.2. The third-order valence-corrected chi connectivity index (χ3v) is 2.77. The van der Waals surface area contributed by atoms with Gasteiger partial charge in [-0.05, 0) is 36.1 Å². The minimum Gasteiger partial charge on any atom is -0.508 e. The Morgan fingerprint density at radius 1 is 0.621 bits per heavy atom. The van der Waals surface area contributed by atoms with Gasteiger partial charge in [-0.2, -0.15) is 0 Å². The summed E-state index contributed by atoms with van der Waals surface area (Å²) in [5, 5.41) is 20.2. The summed E-state index contributed by atoms with van der Waals surface area (Å²) in [6.07, 6.45) is 2.50. The van der Waals surface area contributed by atoms with Crippen LogP contribution in [0.4, 0.5) is 0 Å². The number of hydrogen-bond acceptors (Lipinski definition) is 2. The fourth-order valence-corrected chi connectivity index (χ4v) is 1.84. The smallest absolute Gasteiger partial charge is 0.123 e. The molecular formula is C27H44O2. The maximum Gasteiger partial charge on any atom is 0.123 e. The van der Waals surface area contributed by atoms with Crippen molar-refractivity contribution < 1.29 is 10.2 Å². The summed E-state index contributed by atoms with van der Waals surface area (Å²) >= 11 is 0. The first-order chi connectivity index (χ1) is 14.0. The number of rotatable bonds is 0. The molecule has 0 heterocycles. The van der Waals surface area contributed by atoms with Gasteiger partial charge >= 0.3 is 0 Å². The van der Waals surface area contributed by atoms with E-state index in [1.807, 2.05) is 83.1 Å². The lowest BCUT2D eigenvalue weighted by Gasteiger charge is -1.97. The first-order valence-corrected chi connectivity index (χ1v) is 10.9. The lowest BCUT2D eigenvalue weighted by Crippen LogP contribution is -1.70. The second-order valence-electron chi connectivity index (χ2n) is 5.75. The van der Waals surface area contributed by atoms with Crippen LogP contribution in [0.2, 0.25) is 0 Å². The fourth-order valence-electron chi connectivity index (χ4n) is 1.84. The van der Waals surface area contributed by atoms with Crippen LogP contribution < -0.4 is 0 Å². The van der Waals surface area contributed by atoms with Gasteiger partial charge in [-0.15, -0.1) is 0 Å². The molecule has 0 saturated heterocycles. The van der Waals surface area contributed by atoms with Gasteiger partial charge in [0.1, 0.15) is 11.5 Å². The van der Waals surface area contributed by atoms with Crippen LogP contribution >= 0.6 is 0 Å². The van der Waals surface area contributed by atoms with Gasteiger partial charge in [0.15, 0.2) is 0 Å². The summed E-state index contributed by atoms with van der Waals surface area (Å²) in [5.41, 5.74) is 1.09. The molecular weight excluding hydrogens is 356 g/mol. The van der Waals surface area contributed by atoms with E-state index in [4.69, 9.17) is 5.11 Å². The van der Waals surface area contributed by atoms with Crippen LogP contribution in [-0.2, 0) is 0 Å². The van der Waals surface area contributed by atoms with Crippen LogP contribution in [0.25, 0.3) is 10.8 Å². The lowest BCUT2D eigenvalue weighted by atomic mass is 10.1. The van der Waals surface area contributed by atoms with E-state index in [1.165, 1.54) is 12.8 Å². The Labute approximate surface area is 180 Å². The Kier molecular flexibility index (Phi) is 25.4. The van der Waals surface area contributed by atoms with Crippen molar-refractivity contribution >= 4 is 10.8 Å². The van der Waals surface area contributed by atoms with Gasteiger partial charge in [0.05, 0.1) is 0 Å². The summed E-state index contributed by atoms with van der Waals surface area (Å²) in [6, 6.07) is 20.4. The number of phenols is 2. The second kappa shape index (κ2) is 23.6. The number of fused-ring (bicyclic) bond motifs is 1. The standard InChI is InChI=1S/C10H8O.C7H8O.2C3H8.2C2H6/c11-10-7-3-5-8-4-1-2-6-9(8)10;1-6-3-2-4-7(8)5-6;2*1-3-2;2*1-2/h1-7,11H;2-5,8H,1H3;2*3H2,1-2H3;2*1-2H3. The van der Waals surface area contributed by atoms with Gasteiger partial charge < -0.3 is 10.2 Å². The quantitative estimate of drug-likeness (QED) is 0.395. The van der Waals surface area contributed by atoms with Crippen LogP contribution in [0, 0.1) is 6.92 Å². The number of benzene rings is 3. The maximum absolute atomic E-state index is 9.37.